The standard InChI is InChI=1S/C32H37F2N7O3.CH4O/c1-19-17-44-24(16-41(19)23-7-10-32(2,18-42)11-8-23)30-39-26(27-29(35)37-13-14-40(27)30)20-3-5-21(6-4-20)31(43)38-25-15-22(28(33)34)9-12-36-25;1-2/h3-6,9,12-15,18-19,23-24,28,30,39H,7-8,10-11,16-17H2,1-2H3,(H2,35,37)(H,36,38,43);2H,1H3/t19-,23?,24?,30?,32?;/m0./s1. The van der Waals surface area contributed by atoms with Gasteiger partial charge in [0, 0.05) is 60.9 Å². The van der Waals surface area contributed by atoms with Gasteiger partial charge in [-0.3, -0.25) is 9.69 Å². The quantitative estimate of drug-likeness (QED) is 0.333. The van der Waals surface area contributed by atoms with E-state index in [1.165, 1.54) is 12.3 Å². The minimum atomic E-state index is -2.66. The second-order valence-corrected chi connectivity index (χ2v) is 12.3. The molecule has 0 spiro atoms. The van der Waals surface area contributed by atoms with Gasteiger partial charge in [0.15, 0.2) is 0 Å². The number of aromatic nitrogens is 1. The molecule has 3 aliphatic heterocycles. The molecule has 4 heterocycles. The number of aliphatic imine (C=N–C) groups is 1. The van der Waals surface area contributed by atoms with E-state index in [1.54, 1.807) is 18.3 Å². The minimum Gasteiger partial charge on any atom is -0.400 e. The molecule has 2 unspecified atom stereocenters. The molecule has 11 nitrogen and oxygen atoms in total. The molecule has 0 radical (unpaired) electrons. The third-order valence-corrected chi connectivity index (χ3v) is 9.20. The number of aliphatic hydroxyl groups excluding tert-OH is 1. The lowest BCUT2D eigenvalue weighted by molar-refractivity contribution is -0.121. The Hall–Kier alpha value is -4.20. The van der Waals surface area contributed by atoms with E-state index in [0.717, 1.165) is 68.6 Å². The summed E-state index contributed by atoms with van der Waals surface area (Å²) in [6.07, 6.45) is 6.59. The van der Waals surface area contributed by atoms with Gasteiger partial charge in [-0.25, -0.2) is 18.8 Å². The Bertz CT molecular complexity index is 1510. The maximum Gasteiger partial charge on any atom is 0.264 e. The number of nitrogens with two attached hydrogens (primary N) is 1. The van der Waals surface area contributed by atoms with E-state index in [2.05, 4.69) is 44.3 Å². The van der Waals surface area contributed by atoms with Gasteiger partial charge >= 0.3 is 0 Å². The average molecular weight is 638 g/mol. The first kappa shape index (κ1) is 33.2. The zero-order chi connectivity index (χ0) is 33.0. The number of carbonyl (C=O) groups is 2. The molecule has 46 heavy (non-hydrogen) atoms. The third-order valence-electron chi connectivity index (χ3n) is 9.20. The fourth-order valence-electron chi connectivity index (χ4n) is 6.56. The van der Waals surface area contributed by atoms with E-state index < -0.39 is 12.3 Å². The molecule has 0 bridgehead atoms. The molecule has 2 fully saturated rings. The number of morpholine rings is 1. The number of hydrogen-bond acceptors (Lipinski definition) is 10. The van der Waals surface area contributed by atoms with Crippen LogP contribution in [0.5, 0.6) is 0 Å². The van der Waals surface area contributed by atoms with E-state index in [4.69, 9.17) is 15.6 Å². The number of aldehydes is 1. The summed E-state index contributed by atoms with van der Waals surface area (Å²) >= 11 is 0. The molecule has 1 saturated carbocycles. The Morgan fingerprint density at radius 3 is 2.61 bits per heavy atom. The van der Waals surface area contributed by atoms with Crippen molar-refractivity contribution in [3.8, 4) is 0 Å². The van der Waals surface area contributed by atoms with Crippen LogP contribution in [0.1, 0.15) is 67.4 Å². The lowest BCUT2D eigenvalue weighted by Crippen LogP contribution is -2.60. The van der Waals surface area contributed by atoms with Crippen LogP contribution in [0.4, 0.5) is 14.6 Å². The number of alkyl halides is 2. The number of aliphatic hydroxyl groups is 1. The first-order valence-corrected chi connectivity index (χ1v) is 15.4. The second kappa shape index (κ2) is 14.1. The minimum absolute atomic E-state index is 0.0533. The Kier molecular flexibility index (Phi) is 10.1. The van der Waals surface area contributed by atoms with Crippen molar-refractivity contribution < 1.29 is 28.2 Å². The predicted octanol–water partition coefficient (Wildman–Crippen LogP) is 3.86. The van der Waals surface area contributed by atoms with Crippen LogP contribution in [0.3, 0.4) is 0 Å². The molecule has 246 valence electrons. The number of pyridine rings is 1. The van der Waals surface area contributed by atoms with E-state index in [9.17, 15) is 18.4 Å². The van der Waals surface area contributed by atoms with Crippen molar-refractivity contribution in [2.45, 2.75) is 70.3 Å². The topological polar surface area (TPSA) is 145 Å². The Balaban J connectivity index is 0.00000204. The van der Waals surface area contributed by atoms with E-state index >= 15 is 0 Å². The van der Waals surface area contributed by atoms with Crippen LogP contribution in [0.15, 0.2) is 65.7 Å². The van der Waals surface area contributed by atoms with Crippen molar-refractivity contribution in [1.29, 1.82) is 0 Å². The molecule has 1 saturated heterocycles. The largest absolute Gasteiger partial charge is 0.400 e. The zero-order valence-corrected chi connectivity index (χ0v) is 26.2. The fourth-order valence-corrected chi connectivity index (χ4v) is 6.56. The number of hydrogen-bond donors (Lipinski definition) is 4. The number of benzene rings is 1. The number of rotatable bonds is 7. The first-order valence-electron chi connectivity index (χ1n) is 15.4. The molecule has 1 aliphatic carbocycles. The van der Waals surface area contributed by atoms with Crippen molar-refractivity contribution in [2.75, 3.05) is 25.6 Å². The molecule has 4 aliphatic rings. The number of nitrogens with zero attached hydrogens (tertiary/aromatic N) is 4. The fraction of sp³-hybridized carbons (Fsp3) is 0.455. The normalized spacial score (nSPS) is 27.7. The predicted molar refractivity (Wildman–Crippen MR) is 171 cm³/mol. The van der Waals surface area contributed by atoms with Crippen molar-refractivity contribution >= 4 is 29.5 Å². The van der Waals surface area contributed by atoms with Crippen LogP contribution in [0, 0.1) is 5.41 Å². The van der Waals surface area contributed by atoms with E-state index in [0.29, 0.717) is 24.0 Å². The maximum atomic E-state index is 13.1. The molecule has 1 aromatic carbocycles. The molecule has 6 rings (SSSR count). The van der Waals surface area contributed by atoms with Gasteiger partial charge in [0.1, 0.15) is 35.9 Å². The van der Waals surface area contributed by atoms with Crippen molar-refractivity contribution in [1.82, 2.24) is 20.1 Å². The van der Waals surface area contributed by atoms with Crippen LogP contribution < -0.4 is 16.4 Å². The summed E-state index contributed by atoms with van der Waals surface area (Å²) in [5.41, 5.74) is 8.60. The van der Waals surface area contributed by atoms with Gasteiger partial charge in [-0.1, -0.05) is 19.1 Å². The highest BCUT2D eigenvalue weighted by Gasteiger charge is 2.44. The number of carbonyl (C=O) groups excluding carboxylic acids is 2. The summed E-state index contributed by atoms with van der Waals surface area (Å²) in [4.78, 5) is 37.3. The Morgan fingerprint density at radius 2 is 1.93 bits per heavy atom. The van der Waals surface area contributed by atoms with Gasteiger partial charge in [0.2, 0.25) is 0 Å². The van der Waals surface area contributed by atoms with Gasteiger partial charge in [-0.15, -0.1) is 0 Å². The smallest absolute Gasteiger partial charge is 0.264 e. The zero-order valence-electron chi connectivity index (χ0n) is 26.2. The highest BCUT2D eigenvalue weighted by Crippen LogP contribution is 2.38. The molecular weight excluding hydrogens is 596 g/mol. The van der Waals surface area contributed by atoms with Gasteiger partial charge in [0.05, 0.1) is 12.3 Å². The number of anilines is 1. The molecule has 5 N–H and O–H groups in total. The van der Waals surface area contributed by atoms with Gasteiger partial charge in [0.25, 0.3) is 12.3 Å². The third kappa shape index (κ3) is 6.81. The van der Waals surface area contributed by atoms with Crippen molar-refractivity contribution in [3.63, 3.8) is 0 Å². The molecule has 2 aromatic rings. The number of ether oxygens (including phenoxy) is 1. The highest BCUT2D eigenvalue weighted by molar-refractivity contribution is 6.06. The van der Waals surface area contributed by atoms with Crippen LogP contribution >= 0.6 is 0 Å². The summed E-state index contributed by atoms with van der Waals surface area (Å²) < 4.78 is 32.5. The van der Waals surface area contributed by atoms with E-state index in [1.807, 2.05) is 18.3 Å². The molecule has 3 atom stereocenters. The number of nitrogens with one attached hydrogen (secondary N) is 2. The monoisotopic (exact) mass is 637 g/mol. The van der Waals surface area contributed by atoms with Gasteiger partial charge in [-0.2, -0.15) is 0 Å². The lowest BCUT2D eigenvalue weighted by atomic mass is 9.74. The molecular formula is C33H41F2N7O4. The van der Waals surface area contributed by atoms with Gasteiger partial charge in [-0.05, 0) is 62.4 Å². The summed E-state index contributed by atoms with van der Waals surface area (Å²) in [6.45, 7) is 5.56. The van der Waals surface area contributed by atoms with Gasteiger partial charge < -0.3 is 35.9 Å². The van der Waals surface area contributed by atoms with Crippen molar-refractivity contribution in [2.24, 2.45) is 16.1 Å². The van der Waals surface area contributed by atoms with E-state index in [-0.39, 0.29) is 35.1 Å². The first-order chi connectivity index (χ1) is 22.2. The second-order valence-electron chi connectivity index (χ2n) is 12.3. The molecule has 13 heteroatoms. The van der Waals surface area contributed by atoms with Crippen LogP contribution in [-0.2, 0) is 9.53 Å². The molecule has 1 amide bonds. The number of amides is 1. The number of amidine groups is 1. The lowest BCUT2D eigenvalue weighted by Gasteiger charge is -2.48. The summed E-state index contributed by atoms with van der Waals surface area (Å²) in [7, 11) is 1.00. The number of fused-ring (bicyclic) bond motifs is 1. The number of halogens is 2. The van der Waals surface area contributed by atoms with Crippen LogP contribution in [0.2, 0.25) is 0 Å². The molecule has 1 aromatic heterocycles. The van der Waals surface area contributed by atoms with Crippen LogP contribution in [-0.4, -0.2) is 82.5 Å². The van der Waals surface area contributed by atoms with Crippen LogP contribution in [0.25, 0.3) is 5.70 Å². The summed E-state index contributed by atoms with van der Waals surface area (Å²) in [5, 5.41) is 13.2. The Labute approximate surface area is 267 Å². The summed E-state index contributed by atoms with van der Waals surface area (Å²) in [6, 6.07) is 9.97. The SMILES string of the molecule is CO.C[C@H]1COC(C2NC(c3ccc(C(=O)Nc4cc(C(F)F)ccn4)cc3)=C3C(N)=NC=CN32)CN1C1CCC(C)(C=O)CC1. The highest BCUT2D eigenvalue weighted by atomic mass is 19.3. The average Bonchev–Trinajstić information content (AvgIpc) is 3.47. The van der Waals surface area contributed by atoms with Crippen molar-refractivity contribution in [3.05, 3.63) is 77.4 Å². The summed E-state index contributed by atoms with van der Waals surface area (Å²) in [5.74, 6) is -0.0435. The maximum absolute atomic E-state index is 13.1. The Morgan fingerprint density at radius 1 is 1.22 bits per heavy atom.